The lowest BCUT2D eigenvalue weighted by Crippen LogP contribution is -2.43. The van der Waals surface area contributed by atoms with Gasteiger partial charge in [0.1, 0.15) is 0 Å². The van der Waals surface area contributed by atoms with E-state index in [0.29, 0.717) is 28.8 Å². The zero-order valence-electron chi connectivity index (χ0n) is 19.5. The zero-order valence-corrected chi connectivity index (χ0v) is 19.5. The Labute approximate surface area is 197 Å². The summed E-state index contributed by atoms with van der Waals surface area (Å²) in [5, 5.41) is 5.91. The highest BCUT2D eigenvalue weighted by molar-refractivity contribution is 6.00. The number of piperidine rings is 1. The minimum Gasteiger partial charge on any atom is -0.383 e. The number of likely N-dealkylation sites (tertiary alicyclic amines) is 1. The first-order chi connectivity index (χ1) is 16.6. The summed E-state index contributed by atoms with van der Waals surface area (Å²) in [5.74, 6) is 0. The average molecular weight is 466 g/mol. The van der Waals surface area contributed by atoms with E-state index in [1.165, 1.54) is 30.9 Å². The summed E-state index contributed by atoms with van der Waals surface area (Å²) in [6, 6.07) is 13.8. The van der Waals surface area contributed by atoms with Crippen LogP contribution >= 0.6 is 0 Å². The van der Waals surface area contributed by atoms with E-state index in [1.54, 1.807) is 34.9 Å². The molecule has 0 radical (unpaired) electrons. The molecule has 0 atom stereocenters. The van der Waals surface area contributed by atoms with Gasteiger partial charge in [0.2, 0.25) is 0 Å². The summed E-state index contributed by atoms with van der Waals surface area (Å²) in [7, 11) is 1.54. The van der Waals surface area contributed by atoms with E-state index in [4.69, 9.17) is 4.74 Å². The summed E-state index contributed by atoms with van der Waals surface area (Å²) in [6.07, 6.45) is 3.58. The van der Waals surface area contributed by atoms with Gasteiger partial charge in [-0.15, -0.1) is 0 Å². The number of rotatable bonds is 8. The number of anilines is 2. The summed E-state index contributed by atoms with van der Waals surface area (Å²) in [6.45, 7) is 3.71. The number of carbonyl (C=O) groups excluding carboxylic acids is 1. The number of methoxy groups -OCH3 is 1. The standard InChI is InChI=1S/C25H31N5O4/c1-34-17-16-30-23(31)21-18-20(27-24(32)26-19-8-4-2-5-9-19)10-11-22(21)29(25(30)33)15-14-28-12-6-3-7-13-28/h2,4-5,8-11,18H,3,6-7,12-17H2,1H3,(H2,26,27,32). The molecule has 180 valence electrons. The summed E-state index contributed by atoms with van der Waals surface area (Å²) in [4.78, 5) is 41.2. The number of amides is 2. The van der Waals surface area contributed by atoms with Crippen LogP contribution in [0.4, 0.5) is 16.2 Å². The van der Waals surface area contributed by atoms with Crippen molar-refractivity contribution in [3.63, 3.8) is 0 Å². The third kappa shape index (κ3) is 5.55. The second kappa shape index (κ2) is 11.1. The molecule has 0 aliphatic carbocycles. The molecule has 1 aliphatic rings. The molecular formula is C25H31N5O4. The highest BCUT2D eigenvalue weighted by Gasteiger charge is 2.16. The molecule has 1 fully saturated rings. The van der Waals surface area contributed by atoms with Crippen molar-refractivity contribution in [2.24, 2.45) is 0 Å². The number of ether oxygens (including phenoxy) is 1. The minimum atomic E-state index is -0.413. The maximum atomic E-state index is 13.2. The predicted molar refractivity (Wildman–Crippen MR) is 134 cm³/mol. The Morgan fingerprint density at radius 1 is 0.882 bits per heavy atom. The molecule has 4 rings (SSSR count). The van der Waals surface area contributed by atoms with Gasteiger partial charge in [0.25, 0.3) is 5.56 Å². The normalized spacial score (nSPS) is 14.3. The summed E-state index contributed by atoms with van der Waals surface area (Å²) < 4.78 is 7.99. The Kier molecular flexibility index (Phi) is 7.76. The molecule has 0 spiro atoms. The minimum absolute atomic E-state index is 0.167. The molecule has 1 aliphatic heterocycles. The molecular weight excluding hydrogens is 434 g/mol. The van der Waals surface area contributed by atoms with Crippen LogP contribution in [0, 0.1) is 0 Å². The third-order valence-corrected chi connectivity index (χ3v) is 6.12. The van der Waals surface area contributed by atoms with Crippen molar-refractivity contribution in [3.05, 3.63) is 69.4 Å². The fraction of sp³-hybridized carbons (Fsp3) is 0.400. The second-order valence-electron chi connectivity index (χ2n) is 8.46. The number of hydrogen-bond donors (Lipinski definition) is 2. The largest absolute Gasteiger partial charge is 0.383 e. The van der Waals surface area contributed by atoms with Gasteiger partial charge in [0.15, 0.2) is 0 Å². The Hall–Kier alpha value is -3.43. The molecule has 9 heteroatoms. The van der Waals surface area contributed by atoms with Crippen molar-refractivity contribution in [2.75, 3.05) is 44.0 Å². The molecule has 2 N–H and O–H groups in total. The van der Waals surface area contributed by atoms with Crippen molar-refractivity contribution >= 4 is 28.3 Å². The first kappa shape index (κ1) is 23.7. The number of aromatic nitrogens is 2. The van der Waals surface area contributed by atoms with Gasteiger partial charge in [-0.25, -0.2) is 9.59 Å². The Bertz CT molecular complexity index is 1250. The maximum Gasteiger partial charge on any atom is 0.331 e. The van der Waals surface area contributed by atoms with E-state index in [-0.39, 0.29) is 18.8 Å². The van der Waals surface area contributed by atoms with Gasteiger partial charge in [0, 0.05) is 31.6 Å². The topological polar surface area (TPSA) is 97.6 Å². The van der Waals surface area contributed by atoms with Gasteiger partial charge < -0.3 is 20.3 Å². The number of carbonyl (C=O) groups is 1. The molecule has 1 aromatic heterocycles. The fourth-order valence-corrected chi connectivity index (χ4v) is 4.34. The van der Waals surface area contributed by atoms with E-state index in [9.17, 15) is 14.4 Å². The smallest absolute Gasteiger partial charge is 0.331 e. The second-order valence-corrected chi connectivity index (χ2v) is 8.46. The number of fused-ring (bicyclic) bond motifs is 1. The molecule has 0 unspecified atom stereocenters. The lowest BCUT2D eigenvalue weighted by molar-refractivity contribution is 0.183. The van der Waals surface area contributed by atoms with Crippen LogP contribution in [0.2, 0.25) is 0 Å². The monoisotopic (exact) mass is 465 g/mol. The van der Waals surface area contributed by atoms with Crippen molar-refractivity contribution in [3.8, 4) is 0 Å². The average Bonchev–Trinajstić information content (AvgIpc) is 2.85. The summed E-state index contributed by atoms with van der Waals surface area (Å²) in [5.41, 5.74) is 0.967. The van der Waals surface area contributed by atoms with E-state index >= 15 is 0 Å². The molecule has 0 bridgehead atoms. The maximum absolute atomic E-state index is 13.2. The highest BCUT2D eigenvalue weighted by Crippen LogP contribution is 2.17. The van der Waals surface area contributed by atoms with Crippen LogP contribution in [0.3, 0.4) is 0 Å². The molecule has 2 heterocycles. The van der Waals surface area contributed by atoms with Gasteiger partial charge >= 0.3 is 11.7 Å². The van der Waals surface area contributed by atoms with Crippen molar-refractivity contribution in [2.45, 2.75) is 32.4 Å². The Balaban J connectivity index is 1.64. The van der Waals surface area contributed by atoms with E-state index in [1.807, 2.05) is 18.2 Å². The molecule has 2 aromatic carbocycles. The number of nitrogens with zero attached hydrogens (tertiary/aromatic N) is 3. The van der Waals surface area contributed by atoms with E-state index in [2.05, 4.69) is 15.5 Å². The van der Waals surface area contributed by atoms with Gasteiger partial charge in [-0.2, -0.15) is 0 Å². The molecule has 34 heavy (non-hydrogen) atoms. The SMILES string of the molecule is COCCn1c(=O)c2cc(NC(=O)Nc3ccccc3)ccc2n(CCN2CCCCC2)c1=O. The first-order valence-corrected chi connectivity index (χ1v) is 11.7. The zero-order chi connectivity index (χ0) is 23.9. The van der Waals surface area contributed by atoms with Crippen LogP contribution < -0.4 is 21.9 Å². The van der Waals surface area contributed by atoms with Crippen molar-refractivity contribution in [1.29, 1.82) is 0 Å². The molecule has 9 nitrogen and oxygen atoms in total. The fourth-order valence-electron chi connectivity index (χ4n) is 4.34. The van der Waals surface area contributed by atoms with Crippen LogP contribution in [0.1, 0.15) is 19.3 Å². The van der Waals surface area contributed by atoms with Crippen molar-refractivity contribution in [1.82, 2.24) is 14.0 Å². The van der Waals surface area contributed by atoms with Gasteiger partial charge in [-0.1, -0.05) is 24.6 Å². The van der Waals surface area contributed by atoms with Gasteiger partial charge in [-0.05, 0) is 56.3 Å². The van der Waals surface area contributed by atoms with Crippen LogP contribution in [0.5, 0.6) is 0 Å². The predicted octanol–water partition coefficient (Wildman–Crippen LogP) is 2.94. The quantitative estimate of drug-likeness (QED) is 0.533. The van der Waals surface area contributed by atoms with Crippen LogP contribution in [0.15, 0.2) is 58.1 Å². The van der Waals surface area contributed by atoms with Crippen molar-refractivity contribution < 1.29 is 9.53 Å². The lowest BCUT2D eigenvalue weighted by Gasteiger charge is -2.27. The van der Waals surface area contributed by atoms with Crippen LogP contribution in [0.25, 0.3) is 10.9 Å². The first-order valence-electron chi connectivity index (χ1n) is 11.7. The van der Waals surface area contributed by atoms with E-state index < -0.39 is 11.6 Å². The third-order valence-electron chi connectivity index (χ3n) is 6.12. The summed E-state index contributed by atoms with van der Waals surface area (Å²) >= 11 is 0. The molecule has 1 saturated heterocycles. The molecule has 3 aromatic rings. The van der Waals surface area contributed by atoms with Gasteiger partial charge in [-0.3, -0.25) is 13.9 Å². The van der Waals surface area contributed by atoms with Crippen LogP contribution in [-0.4, -0.2) is 53.4 Å². The Morgan fingerprint density at radius 3 is 2.35 bits per heavy atom. The van der Waals surface area contributed by atoms with E-state index in [0.717, 1.165) is 19.6 Å². The highest BCUT2D eigenvalue weighted by atomic mass is 16.5. The Morgan fingerprint density at radius 2 is 1.62 bits per heavy atom. The number of nitrogens with one attached hydrogen (secondary N) is 2. The number of para-hydroxylation sites is 1. The molecule has 0 saturated carbocycles. The number of urea groups is 1. The van der Waals surface area contributed by atoms with Crippen LogP contribution in [-0.2, 0) is 17.8 Å². The lowest BCUT2D eigenvalue weighted by atomic mass is 10.1. The number of benzene rings is 2. The molecule has 2 amide bonds. The number of hydrogen-bond acceptors (Lipinski definition) is 5. The van der Waals surface area contributed by atoms with Gasteiger partial charge in [0.05, 0.1) is 24.1 Å².